The van der Waals surface area contributed by atoms with E-state index in [1.807, 2.05) is 5.48 Å². The van der Waals surface area contributed by atoms with Gasteiger partial charge >= 0.3 is 5.97 Å². The number of amides is 1. The first-order chi connectivity index (χ1) is 9.73. The molecule has 1 N–H and O–H groups in total. The quantitative estimate of drug-likeness (QED) is 0.641. The Morgan fingerprint density at radius 2 is 1.95 bits per heavy atom. The Balaban J connectivity index is 3.53. The molecule has 0 aliphatic rings. The van der Waals surface area contributed by atoms with E-state index in [2.05, 4.69) is 4.74 Å². The molecule has 1 aromatic carbocycles. The summed E-state index contributed by atoms with van der Waals surface area (Å²) < 4.78 is 28.0. The molecule has 0 aliphatic carbocycles. The van der Waals surface area contributed by atoms with Crippen molar-refractivity contribution in [3.63, 3.8) is 0 Å². The first-order valence-electron chi connectivity index (χ1n) is 5.77. The lowest BCUT2D eigenvalue weighted by Gasteiger charge is -2.12. The Bertz CT molecular complexity index is 671. The normalized spacial score (nSPS) is 11.0. The van der Waals surface area contributed by atoms with Gasteiger partial charge in [0, 0.05) is 6.26 Å². The maximum absolute atomic E-state index is 12.0. The van der Waals surface area contributed by atoms with Crippen molar-refractivity contribution in [2.75, 3.05) is 20.0 Å². The van der Waals surface area contributed by atoms with Crippen LogP contribution >= 0.6 is 11.6 Å². The molecule has 1 aromatic rings. The van der Waals surface area contributed by atoms with Gasteiger partial charge in [-0.1, -0.05) is 11.6 Å². The van der Waals surface area contributed by atoms with Crippen molar-refractivity contribution in [3.05, 3.63) is 28.3 Å². The summed E-state index contributed by atoms with van der Waals surface area (Å²) in [5.74, 6) is -1.65. The standard InChI is InChI=1S/C12H14ClNO6S/c1-4-20-14-11(15)9-8(21(3,17)18)6-5-7(10(9)13)12(16)19-2/h5-6H,4H2,1-3H3,(H,14,15). The third-order valence-electron chi connectivity index (χ3n) is 2.44. The number of benzene rings is 1. The summed E-state index contributed by atoms with van der Waals surface area (Å²) >= 11 is 5.99. The van der Waals surface area contributed by atoms with Crippen LogP contribution in [0.25, 0.3) is 0 Å². The minimum absolute atomic E-state index is 0.117. The van der Waals surface area contributed by atoms with Gasteiger partial charge in [0.2, 0.25) is 0 Å². The van der Waals surface area contributed by atoms with Gasteiger partial charge in [0.25, 0.3) is 5.91 Å². The second kappa shape index (κ2) is 6.88. The number of ether oxygens (including phenoxy) is 1. The van der Waals surface area contributed by atoms with Crippen molar-refractivity contribution in [1.82, 2.24) is 5.48 Å². The van der Waals surface area contributed by atoms with Crippen molar-refractivity contribution < 1.29 is 27.6 Å². The van der Waals surface area contributed by atoms with E-state index in [1.54, 1.807) is 6.92 Å². The number of nitrogens with one attached hydrogen (secondary N) is 1. The summed E-state index contributed by atoms with van der Waals surface area (Å²) in [6.07, 6.45) is 0.925. The molecule has 0 heterocycles. The topological polar surface area (TPSA) is 98.8 Å². The molecule has 0 atom stereocenters. The molecule has 21 heavy (non-hydrogen) atoms. The van der Waals surface area contributed by atoms with Crippen molar-refractivity contribution in [2.24, 2.45) is 0 Å². The van der Waals surface area contributed by atoms with Crippen LogP contribution in [0.1, 0.15) is 27.6 Å². The number of hydrogen-bond acceptors (Lipinski definition) is 6. The monoisotopic (exact) mass is 335 g/mol. The Morgan fingerprint density at radius 3 is 2.43 bits per heavy atom. The Hall–Kier alpha value is -1.64. The smallest absolute Gasteiger partial charge is 0.339 e. The first-order valence-corrected chi connectivity index (χ1v) is 8.04. The van der Waals surface area contributed by atoms with Crippen molar-refractivity contribution in [1.29, 1.82) is 0 Å². The van der Waals surface area contributed by atoms with Crippen LogP contribution < -0.4 is 5.48 Å². The van der Waals surface area contributed by atoms with E-state index < -0.39 is 21.7 Å². The molecule has 0 aliphatic heterocycles. The number of rotatable bonds is 5. The third-order valence-corrected chi connectivity index (χ3v) is 3.98. The van der Waals surface area contributed by atoms with Gasteiger partial charge in [-0.15, -0.1) is 0 Å². The summed E-state index contributed by atoms with van der Waals surface area (Å²) in [5.41, 5.74) is 1.56. The lowest BCUT2D eigenvalue weighted by Crippen LogP contribution is -2.26. The Morgan fingerprint density at radius 1 is 1.33 bits per heavy atom. The SMILES string of the molecule is CCONC(=O)c1c(S(C)(=O)=O)ccc(C(=O)OC)c1Cl. The fraction of sp³-hybridized carbons (Fsp3) is 0.333. The summed E-state index contributed by atoms with van der Waals surface area (Å²) in [7, 11) is -2.59. The molecule has 0 saturated carbocycles. The fourth-order valence-electron chi connectivity index (χ4n) is 1.54. The number of sulfone groups is 1. The van der Waals surface area contributed by atoms with E-state index in [9.17, 15) is 18.0 Å². The van der Waals surface area contributed by atoms with Crippen LogP contribution in [-0.2, 0) is 19.4 Å². The third kappa shape index (κ3) is 3.93. The molecule has 1 rings (SSSR count). The number of esters is 1. The maximum atomic E-state index is 12.0. The Labute approximate surface area is 127 Å². The predicted molar refractivity (Wildman–Crippen MR) is 75.0 cm³/mol. The molecule has 116 valence electrons. The first kappa shape index (κ1) is 17.4. The van der Waals surface area contributed by atoms with Crippen LogP contribution in [0.15, 0.2) is 17.0 Å². The molecule has 0 unspecified atom stereocenters. The van der Waals surface area contributed by atoms with Crippen LogP contribution in [0.5, 0.6) is 0 Å². The molecule has 0 saturated heterocycles. The van der Waals surface area contributed by atoms with E-state index in [1.165, 1.54) is 6.07 Å². The fourth-order valence-corrected chi connectivity index (χ4v) is 2.80. The van der Waals surface area contributed by atoms with Gasteiger partial charge in [-0.3, -0.25) is 9.63 Å². The number of carbonyl (C=O) groups is 2. The van der Waals surface area contributed by atoms with E-state index in [0.717, 1.165) is 19.4 Å². The van der Waals surface area contributed by atoms with Crippen molar-refractivity contribution in [2.45, 2.75) is 11.8 Å². The second-order valence-corrected chi connectivity index (χ2v) is 6.29. The molecule has 0 aromatic heterocycles. The molecule has 0 spiro atoms. The lowest BCUT2D eigenvalue weighted by atomic mass is 10.1. The number of carbonyl (C=O) groups excluding carboxylic acids is 2. The number of methoxy groups -OCH3 is 1. The molecular weight excluding hydrogens is 322 g/mol. The highest BCUT2D eigenvalue weighted by Gasteiger charge is 2.26. The molecule has 0 fully saturated rings. The van der Waals surface area contributed by atoms with Gasteiger partial charge in [-0.05, 0) is 19.1 Å². The van der Waals surface area contributed by atoms with E-state index in [4.69, 9.17) is 16.4 Å². The van der Waals surface area contributed by atoms with E-state index in [-0.39, 0.29) is 27.7 Å². The van der Waals surface area contributed by atoms with E-state index in [0.29, 0.717) is 0 Å². The molecule has 1 amide bonds. The Kier molecular flexibility index (Phi) is 5.70. The van der Waals surface area contributed by atoms with Crippen LogP contribution in [0.4, 0.5) is 0 Å². The molecular formula is C12H14ClNO6S. The maximum Gasteiger partial charge on any atom is 0.339 e. The van der Waals surface area contributed by atoms with Crippen LogP contribution in [0, 0.1) is 0 Å². The highest BCUT2D eigenvalue weighted by atomic mass is 35.5. The summed E-state index contributed by atoms with van der Waals surface area (Å²) in [4.78, 5) is 28.0. The zero-order valence-electron chi connectivity index (χ0n) is 11.6. The van der Waals surface area contributed by atoms with Gasteiger partial charge < -0.3 is 4.74 Å². The van der Waals surface area contributed by atoms with Gasteiger partial charge in [0.15, 0.2) is 9.84 Å². The van der Waals surface area contributed by atoms with Gasteiger partial charge in [-0.25, -0.2) is 18.7 Å². The van der Waals surface area contributed by atoms with Crippen LogP contribution in [0.3, 0.4) is 0 Å². The summed E-state index contributed by atoms with van der Waals surface area (Å²) in [6.45, 7) is 1.80. The van der Waals surface area contributed by atoms with Gasteiger partial charge in [0.05, 0.1) is 34.8 Å². The van der Waals surface area contributed by atoms with Crippen molar-refractivity contribution in [3.8, 4) is 0 Å². The summed E-state index contributed by atoms with van der Waals surface area (Å²) in [6, 6.07) is 2.30. The highest BCUT2D eigenvalue weighted by molar-refractivity contribution is 7.90. The molecule has 9 heteroatoms. The van der Waals surface area contributed by atoms with E-state index >= 15 is 0 Å². The number of hydrogen-bond donors (Lipinski definition) is 1. The molecule has 7 nitrogen and oxygen atoms in total. The largest absolute Gasteiger partial charge is 0.465 e. The zero-order chi connectivity index (χ0) is 16.2. The minimum Gasteiger partial charge on any atom is -0.465 e. The number of hydroxylamine groups is 1. The van der Waals surface area contributed by atoms with Crippen LogP contribution in [-0.4, -0.2) is 40.3 Å². The average molecular weight is 336 g/mol. The molecule has 0 bridgehead atoms. The predicted octanol–water partition coefficient (Wildman–Crippen LogP) is 1.21. The molecule has 0 radical (unpaired) electrons. The van der Waals surface area contributed by atoms with Gasteiger partial charge in [0.1, 0.15) is 0 Å². The summed E-state index contributed by atoms with van der Waals surface area (Å²) in [5, 5.41) is -0.318. The highest BCUT2D eigenvalue weighted by Crippen LogP contribution is 2.28. The minimum atomic E-state index is -3.73. The zero-order valence-corrected chi connectivity index (χ0v) is 13.2. The van der Waals surface area contributed by atoms with Gasteiger partial charge in [-0.2, -0.15) is 0 Å². The lowest BCUT2D eigenvalue weighted by molar-refractivity contribution is 0.0361. The second-order valence-electron chi connectivity index (χ2n) is 3.93. The number of halogens is 1. The van der Waals surface area contributed by atoms with Crippen molar-refractivity contribution >= 4 is 33.3 Å². The van der Waals surface area contributed by atoms with Crippen LogP contribution in [0.2, 0.25) is 5.02 Å². The average Bonchev–Trinajstić information content (AvgIpc) is 2.42.